The van der Waals surface area contributed by atoms with Crippen LogP contribution in [0.25, 0.3) is 5.82 Å². The summed E-state index contributed by atoms with van der Waals surface area (Å²) in [4.78, 5) is 27.5. The van der Waals surface area contributed by atoms with Gasteiger partial charge in [-0.3, -0.25) is 9.36 Å². The zero-order chi connectivity index (χ0) is 20.8. The lowest BCUT2D eigenvalue weighted by Gasteiger charge is -2.32. The molecule has 8 heteroatoms. The normalized spacial score (nSPS) is 14.5. The minimum absolute atomic E-state index is 0.0482. The molecule has 0 spiro atoms. The highest BCUT2D eigenvalue weighted by Crippen LogP contribution is 2.23. The lowest BCUT2D eigenvalue weighted by atomic mass is 9.96. The highest BCUT2D eigenvalue weighted by Gasteiger charge is 2.25. The Morgan fingerprint density at radius 2 is 1.93 bits per heavy atom. The van der Waals surface area contributed by atoms with Gasteiger partial charge >= 0.3 is 0 Å². The Morgan fingerprint density at radius 3 is 2.63 bits per heavy atom. The SMILES string of the molecule is COc1ccc(CCNC(=O)C2CCN(c3cc(-n4ccnc4)ncn3)CC2)cc1. The van der Waals surface area contributed by atoms with Crippen molar-refractivity contribution < 1.29 is 9.53 Å². The molecule has 0 atom stereocenters. The van der Waals surface area contributed by atoms with Gasteiger partial charge in [0.2, 0.25) is 5.91 Å². The average Bonchev–Trinajstić information content (AvgIpc) is 3.35. The molecule has 1 amide bonds. The highest BCUT2D eigenvalue weighted by atomic mass is 16.5. The van der Waals surface area contributed by atoms with Gasteiger partial charge in [0, 0.05) is 44.0 Å². The predicted molar refractivity (Wildman–Crippen MR) is 114 cm³/mol. The van der Waals surface area contributed by atoms with Gasteiger partial charge in [-0.2, -0.15) is 0 Å². The number of carbonyl (C=O) groups is 1. The molecular formula is C22H26N6O2. The van der Waals surface area contributed by atoms with E-state index in [2.05, 4.69) is 25.2 Å². The molecule has 3 heterocycles. The van der Waals surface area contributed by atoms with Crippen LogP contribution in [0.5, 0.6) is 5.75 Å². The number of ether oxygens (including phenoxy) is 1. The number of hydrogen-bond acceptors (Lipinski definition) is 6. The number of piperidine rings is 1. The maximum Gasteiger partial charge on any atom is 0.223 e. The number of methoxy groups -OCH3 is 1. The van der Waals surface area contributed by atoms with E-state index in [0.29, 0.717) is 6.54 Å². The average molecular weight is 406 g/mol. The molecule has 156 valence electrons. The van der Waals surface area contributed by atoms with E-state index in [-0.39, 0.29) is 11.8 Å². The van der Waals surface area contributed by atoms with Crippen LogP contribution in [0.4, 0.5) is 5.82 Å². The molecule has 2 aromatic heterocycles. The number of carbonyl (C=O) groups excluding carboxylic acids is 1. The molecule has 0 radical (unpaired) electrons. The summed E-state index contributed by atoms with van der Waals surface area (Å²) in [5.41, 5.74) is 1.18. The first-order valence-electron chi connectivity index (χ1n) is 10.2. The number of amides is 1. The zero-order valence-corrected chi connectivity index (χ0v) is 17.1. The molecule has 0 saturated carbocycles. The molecular weight excluding hydrogens is 380 g/mol. The quantitative estimate of drug-likeness (QED) is 0.648. The first-order valence-corrected chi connectivity index (χ1v) is 10.2. The number of nitrogens with one attached hydrogen (secondary N) is 1. The number of aromatic nitrogens is 4. The van der Waals surface area contributed by atoms with Gasteiger partial charge in [0.05, 0.1) is 7.11 Å². The molecule has 1 fully saturated rings. The van der Waals surface area contributed by atoms with Gasteiger partial charge in [-0.1, -0.05) is 12.1 Å². The van der Waals surface area contributed by atoms with Gasteiger partial charge in [0.1, 0.15) is 30.0 Å². The van der Waals surface area contributed by atoms with Crippen LogP contribution in [0.15, 0.2) is 55.4 Å². The van der Waals surface area contributed by atoms with Gasteiger partial charge in [-0.25, -0.2) is 15.0 Å². The van der Waals surface area contributed by atoms with Crippen LogP contribution >= 0.6 is 0 Å². The van der Waals surface area contributed by atoms with Crippen molar-refractivity contribution in [2.45, 2.75) is 19.3 Å². The van der Waals surface area contributed by atoms with Crippen molar-refractivity contribution >= 4 is 11.7 Å². The van der Waals surface area contributed by atoms with Crippen molar-refractivity contribution in [3.8, 4) is 11.6 Å². The zero-order valence-electron chi connectivity index (χ0n) is 17.1. The third-order valence-corrected chi connectivity index (χ3v) is 5.47. The van der Waals surface area contributed by atoms with Crippen molar-refractivity contribution in [3.63, 3.8) is 0 Å². The molecule has 30 heavy (non-hydrogen) atoms. The predicted octanol–water partition coefficient (Wildman–Crippen LogP) is 2.25. The fourth-order valence-corrected chi connectivity index (χ4v) is 3.68. The monoisotopic (exact) mass is 406 g/mol. The molecule has 1 N–H and O–H groups in total. The molecule has 0 aliphatic carbocycles. The molecule has 1 aliphatic heterocycles. The van der Waals surface area contributed by atoms with Crippen molar-refractivity contribution in [2.24, 2.45) is 5.92 Å². The largest absolute Gasteiger partial charge is 0.497 e. The summed E-state index contributed by atoms with van der Waals surface area (Å²) in [7, 11) is 1.66. The Morgan fingerprint density at radius 1 is 1.17 bits per heavy atom. The maximum absolute atomic E-state index is 12.6. The first kappa shape index (κ1) is 19.9. The van der Waals surface area contributed by atoms with Crippen molar-refractivity contribution in [2.75, 3.05) is 31.6 Å². The number of nitrogens with zero attached hydrogens (tertiary/aromatic N) is 5. The maximum atomic E-state index is 12.6. The topological polar surface area (TPSA) is 85.2 Å². The Hall–Kier alpha value is -3.42. The lowest BCUT2D eigenvalue weighted by Crippen LogP contribution is -2.41. The molecule has 0 unspecified atom stereocenters. The Labute approximate surface area is 175 Å². The molecule has 0 bridgehead atoms. The van der Waals surface area contributed by atoms with Crippen LogP contribution in [0.2, 0.25) is 0 Å². The van der Waals surface area contributed by atoms with Crippen LogP contribution < -0.4 is 15.0 Å². The van der Waals surface area contributed by atoms with Crippen LogP contribution in [0.3, 0.4) is 0 Å². The highest BCUT2D eigenvalue weighted by molar-refractivity contribution is 5.79. The van der Waals surface area contributed by atoms with Gasteiger partial charge in [0.25, 0.3) is 0 Å². The van der Waals surface area contributed by atoms with E-state index in [4.69, 9.17) is 4.74 Å². The van der Waals surface area contributed by atoms with Gasteiger partial charge < -0.3 is 15.0 Å². The molecule has 1 saturated heterocycles. The second kappa shape index (κ2) is 9.39. The standard InChI is InChI=1S/C22H26N6O2/c1-30-19-4-2-17(3-5-19)6-9-24-22(29)18-7-11-27(12-8-18)20-14-21(26-15-25-20)28-13-10-23-16-28/h2-5,10,13-16,18H,6-9,11-12H2,1H3,(H,24,29). The van der Waals surface area contributed by atoms with E-state index < -0.39 is 0 Å². The van der Waals surface area contributed by atoms with E-state index in [1.807, 2.05) is 41.1 Å². The Kier molecular flexibility index (Phi) is 6.22. The van der Waals surface area contributed by atoms with Gasteiger partial charge in [-0.15, -0.1) is 0 Å². The Bertz CT molecular complexity index is 950. The third-order valence-electron chi connectivity index (χ3n) is 5.47. The van der Waals surface area contributed by atoms with Crippen molar-refractivity contribution in [1.82, 2.24) is 24.8 Å². The second-order valence-corrected chi connectivity index (χ2v) is 7.35. The number of anilines is 1. The number of imidazole rings is 1. The van der Waals surface area contributed by atoms with Crippen LogP contribution in [0.1, 0.15) is 18.4 Å². The molecule has 8 nitrogen and oxygen atoms in total. The van der Waals surface area contributed by atoms with Gasteiger partial charge in [0.15, 0.2) is 0 Å². The lowest BCUT2D eigenvalue weighted by molar-refractivity contribution is -0.125. The van der Waals surface area contributed by atoms with E-state index in [1.54, 1.807) is 26.0 Å². The summed E-state index contributed by atoms with van der Waals surface area (Å²) in [6.45, 7) is 2.25. The molecule has 4 rings (SSSR count). The smallest absolute Gasteiger partial charge is 0.223 e. The number of hydrogen-bond donors (Lipinski definition) is 1. The summed E-state index contributed by atoms with van der Waals surface area (Å²) >= 11 is 0. The summed E-state index contributed by atoms with van der Waals surface area (Å²) in [5.74, 6) is 2.70. The first-order chi connectivity index (χ1) is 14.7. The van der Waals surface area contributed by atoms with Gasteiger partial charge in [-0.05, 0) is 37.0 Å². The Balaban J connectivity index is 1.25. The number of rotatable bonds is 7. The summed E-state index contributed by atoms with van der Waals surface area (Å²) in [5, 5.41) is 3.09. The summed E-state index contributed by atoms with van der Waals surface area (Å²) in [6, 6.07) is 9.90. The third kappa shape index (κ3) is 4.76. The van der Waals surface area contributed by atoms with E-state index in [1.165, 1.54) is 5.56 Å². The van der Waals surface area contributed by atoms with E-state index in [0.717, 1.165) is 49.7 Å². The minimum atomic E-state index is 0.0482. The van der Waals surface area contributed by atoms with Crippen molar-refractivity contribution in [3.05, 3.63) is 60.9 Å². The molecule has 3 aromatic rings. The van der Waals surface area contributed by atoms with Crippen LogP contribution in [-0.4, -0.2) is 52.2 Å². The number of benzene rings is 1. The van der Waals surface area contributed by atoms with Crippen LogP contribution in [-0.2, 0) is 11.2 Å². The van der Waals surface area contributed by atoms with E-state index in [9.17, 15) is 4.79 Å². The molecule has 1 aromatic carbocycles. The van der Waals surface area contributed by atoms with Crippen LogP contribution in [0, 0.1) is 5.92 Å². The van der Waals surface area contributed by atoms with E-state index >= 15 is 0 Å². The fraction of sp³-hybridized carbons (Fsp3) is 0.364. The fourth-order valence-electron chi connectivity index (χ4n) is 3.68. The van der Waals surface area contributed by atoms with Crippen molar-refractivity contribution in [1.29, 1.82) is 0 Å². The molecule has 1 aliphatic rings. The summed E-state index contributed by atoms with van der Waals surface area (Å²) in [6.07, 6.45) is 9.32. The second-order valence-electron chi connectivity index (χ2n) is 7.35. The summed E-state index contributed by atoms with van der Waals surface area (Å²) < 4.78 is 7.03. The minimum Gasteiger partial charge on any atom is -0.497 e.